The van der Waals surface area contributed by atoms with E-state index in [0.717, 1.165) is 6.07 Å². The number of H-pyrrole nitrogens is 1. The summed E-state index contributed by atoms with van der Waals surface area (Å²) >= 11 is 0. The Morgan fingerprint density at radius 1 is 1.12 bits per heavy atom. The van der Waals surface area contributed by atoms with Crippen LogP contribution in [0.3, 0.4) is 0 Å². The van der Waals surface area contributed by atoms with Crippen LogP contribution >= 0.6 is 0 Å². The number of benzene rings is 2. The number of hydrogen-bond acceptors (Lipinski definition) is 3. The number of rotatable bonds is 1. The van der Waals surface area contributed by atoms with Gasteiger partial charge in [0.05, 0.1) is 5.56 Å². The van der Waals surface area contributed by atoms with Gasteiger partial charge in [-0.1, -0.05) is 35.8 Å². The molecule has 1 N–H and O–H groups in total. The molecule has 4 nitrogen and oxygen atoms in total. The normalized spacial score (nSPS) is 12.1. The number of aromatic amines is 1. The summed E-state index contributed by atoms with van der Waals surface area (Å²) in [5.74, 6) is -0.185. The SMILES string of the molecule is [B]c1ccc2oc3c(=O)[nH]c(-c4ccccc4C(F)(F)F)nc3c2c1. The van der Waals surface area contributed by atoms with Gasteiger partial charge in [0.2, 0.25) is 5.58 Å². The van der Waals surface area contributed by atoms with E-state index in [1.165, 1.54) is 18.2 Å². The number of furan rings is 1. The van der Waals surface area contributed by atoms with Crippen LogP contribution in [0.2, 0.25) is 0 Å². The maximum atomic E-state index is 13.2. The Bertz CT molecular complexity index is 1180. The van der Waals surface area contributed by atoms with Crippen LogP contribution in [0.25, 0.3) is 33.5 Å². The first-order chi connectivity index (χ1) is 11.8. The van der Waals surface area contributed by atoms with Crippen LogP contribution in [0, 0.1) is 0 Å². The highest BCUT2D eigenvalue weighted by Crippen LogP contribution is 2.36. The standard InChI is InChI=1S/C17H8BF3N2O2/c18-8-5-6-12-10(7-8)13-14(25-12)16(24)23-15(22-13)9-3-1-2-4-11(9)17(19,20)21/h1-7H,(H,22,23,24). The molecule has 0 aliphatic heterocycles. The van der Waals surface area contributed by atoms with Gasteiger partial charge in [0.25, 0.3) is 5.56 Å². The fourth-order valence-electron chi connectivity index (χ4n) is 2.74. The molecule has 0 aliphatic rings. The zero-order chi connectivity index (χ0) is 17.8. The molecule has 0 aliphatic carbocycles. The van der Waals surface area contributed by atoms with Gasteiger partial charge in [-0.2, -0.15) is 13.2 Å². The average molecular weight is 340 g/mol. The largest absolute Gasteiger partial charge is 0.449 e. The number of fused-ring (bicyclic) bond motifs is 3. The van der Waals surface area contributed by atoms with Crippen molar-refractivity contribution in [3.05, 3.63) is 58.4 Å². The maximum Gasteiger partial charge on any atom is 0.417 e. The van der Waals surface area contributed by atoms with Gasteiger partial charge < -0.3 is 9.40 Å². The molecular formula is C17H8BF3N2O2. The Labute approximate surface area is 139 Å². The van der Waals surface area contributed by atoms with Crippen molar-refractivity contribution in [1.29, 1.82) is 0 Å². The Morgan fingerprint density at radius 2 is 1.88 bits per heavy atom. The number of halogens is 3. The molecule has 2 aromatic carbocycles. The number of hydrogen-bond donors (Lipinski definition) is 1. The van der Waals surface area contributed by atoms with Gasteiger partial charge in [-0.3, -0.25) is 4.79 Å². The molecule has 0 saturated heterocycles. The van der Waals surface area contributed by atoms with Gasteiger partial charge in [0.15, 0.2) is 0 Å². The lowest BCUT2D eigenvalue weighted by Crippen LogP contribution is -2.12. The average Bonchev–Trinajstić information content (AvgIpc) is 2.93. The third-order valence-corrected chi connectivity index (χ3v) is 3.84. The number of nitrogens with one attached hydrogen (secondary N) is 1. The van der Waals surface area contributed by atoms with Gasteiger partial charge in [0.1, 0.15) is 24.8 Å². The molecule has 0 saturated carbocycles. The Hall–Kier alpha value is -3.03. The summed E-state index contributed by atoms with van der Waals surface area (Å²) in [4.78, 5) is 18.9. The summed E-state index contributed by atoms with van der Waals surface area (Å²) in [6.45, 7) is 0. The molecule has 0 unspecified atom stereocenters. The minimum atomic E-state index is -4.58. The zero-order valence-electron chi connectivity index (χ0n) is 12.5. The predicted octanol–water partition coefficient (Wildman–Crippen LogP) is 3.15. The highest BCUT2D eigenvalue weighted by Gasteiger charge is 2.34. The van der Waals surface area contributed by atoms with Crippen molar-refractivity contribution in [2.45, 2.75) is 6.18 Å². The van der Waals surface area contributed by atoms with E-state index in [1.54, 1.807) is 18.2 Å². The van der Waals surface area contributed by atoms with Crippen LogP contribution < -0.4 is 11.0 Å². The van der Waals surface area contributed by atoms with E-state index < -0.39 is 17.3 Å². The monoisotopic (exact) mass is 340 g/mol. The lowest BCUT2D eigenvalue weighted by molar-refractivity contribution is -0.137. The Balaban J connectivity index is 2.07. The summed E-state index contributed by atoms with van der Waals surface area (Å²) in [5.41, 5.74) is -0.853. The smallest absolute Gasteiger partial charge is 0.417 e. The van der Waals surface area contributed by atoms with Crippen LogP contribution in [0.5, 0.6) is 0 Å². The Kier molecular flexibility index (Phi) is 3.25. The van der Waals surface area contributed by atoms with Gasteiger partial charge in [-0.15, -0.1) is 0 Å². The second-order valence-electron chi connectivity index (χ2n) is 5.49. The maximum absolute atomic E-state index is 13.2. The third-order valence-electron chi connectivity index (χ3n) is 3.84. The molecule has 0 bridgehead atoms. The number of alkyl halides is 3. The van der Waals surface area contributed by atoms with E-state index in [0.29, 0.717) is 16.4 Å². The van der Waals surface area contributed by atoms with E-state index in [-0.39, 0.29) is 22.5 Å². The molecule has 2 radical (unpaired) electrons. The van der Waals surface area contributed by atoms with Crippen molar-refractivity contribution in [1.82, 2.24) is 9.97 Å². The second-order valence-corrected chi connectivity index (χ2v) is 5.49. The molecule has 122 valence electrons. The molecule has 2 heterocycles. The number of nitrogens with zero attached hydrogens (tertiary/aromatic N) is 1. The van der Waals surface area contributed by atoms with Crippen molar-refractivity contribution in [2.24, 2.45) is 0 Å². The van der Waals surface area contributed by atoms with Gasteiger partial charge in [-0.05, 0) is 12.1 Å². The molecule has 0 spiro atoms. The van der Waals surface area contributed by atoms with Gasteiger partial charge in [-0.25, -0.2) is 4.98 Å². The lowest BCUT2D eigenvalue weighted by atomic mass is 9.95. The molecule has 25 heavy (non-hydrogen) atoms. The topological polar surface area (TPSA) is 58.9 Å². The van der Waals surface area contributed by atoms with Crippen molar-refractivity contribution >= 4 is 35.4 Å². The molecule has 2 aromatic heterocycles. The van der Waals surface area contributed by atoms with E-state index in [4.69, 9.17) is 12.3 Å². The van der Waals surface area contributed by atoms with Crippen molar-refractivity contribution in [3.8, 4) is 11.4 Å². The first-order valence-corrected chi connectivity index (χ1v) is 7.23. The van der Waals surface area contributed by atoms with Crippen LogP contribution in [0.15, 0.2) is 51.7 Å². The first-order valence-electron chi connectivity index (χ1n) is 7.23. The van der Waals surface area contributed by atoms with Gasteiger partial charge >= 0.3 is 6.18 Å². The Morgan fingerprint density at radius 3 is 2.64 bits per heavy atom. The fraction of sp³-hybridized carbons (Fsp3) is 0.0588. The van der Waals surface area contributed by atoms with Gasteiger partial charge in [0, 0.05) is 10.9 Å². The summed E-state index contributed by atoms with van der Waals surface area (Å²) in [7, 11) is 5.74. The molecule has 0 atom stereocenters. The second kappa shape index (κ2) is 5.24. The quantitative estimate of drug-likeness (QED) is 0.542. The summed E-state index contributed by atoms with van der Waals surface area (Å²) in [5, 5.41) is 0.465. The molecule has 4 aromatic rings. The fourth-order valence-corrected chi connectivity index (χ4v) is 2.74. The van der Waals surface area contributed by atoms with Crippen LogP contribution in [0.1, 0.15) is 5.56 Å². The summed E-state index contributed by atoms with van der Waals surface area (Å²) in [6.07, 6.45) is -4.58. The molecule has 4 rings (SSSR count). The van der Waals surface area contributed by atoms with Crippen LogP contribution in [-0.4, -0.2) is 17.8 Å². The minimum absolute atomic E-state index is 0.0613. The van der Waals surface area contributed by atoms with Crippen molar-refractivity contribution in [3.63, 3.8) is 0 Å². The van der Waals surface area contributed by atoms with Crippen molar-refractivity contribution in [2.75, 3.05) is 0 Å². The molecule has 0 amide bonds. The first kappa shape index (κ1) is 15.5. The molecule has 0 fully saturated rings. The zero-order valence-corrected chi connectivity index (χ0v) is 12.5. The summed E-state index contributed by atoms with van der Waals surface area (Å²) < 4.78 is 45.2. The predicted molar refractivity (Wildman–Crippen MR) is 88.0 cm³/mol. The van der Waals surface area contributed by atoms with E-state index in [1.807, 2.05) is 0 Å². The minimum Gasteiger partial charge on any atom is -0.449 e. The highest BCUT2D eigenvalue weighted by molar-refractivity contribution is 6.33. The summed E-state index contributed by atoms with van der Waals surface area (Å²) in [6, 6.07) is 9.65. The highest BCUT2D eigenvalue weighted by atomic mass is 19.4. The van der Waals surface area contributed by atoms with E-state index in [2.05, 4.69) is 9.97 Å². The third kappa shape index (κ3) is 2.50. The van der Waals surface area contributed by atoms with Crippen molar-refractivity contribution < 1.29 is 17.6 Å². The molecule has 8 heteroatoms. The molecular weight excluding hydrogens is 332 g/mol. The van der Waals surface area contributed by atoms with E-state index >= 15 is 0 Å². The number of aromatic nitrogens is 2. The lowest BCUT2D eigenvalue weighted by Gasteiger charge is -2.11. The van der Waals surface area contributed by atoms with Crippen LogP contribution in [-0.2, 0) is 6.18 Å². The van der Waals surface area contributed by atoms with E-state index in [9.17, 15) is 18.0 Å². The van der Waals surface area contributed by atoms with Crippen LogP contribution in [0.4, 0.5) is 13.2 Å².